The Kier molecular flexibility index (Phi) is 7.97. The van der Waals surface area contributed by atoms with E-state index in [-0.39, 0.29) is 29.8 Å². The van der Waals surface area contributed by atoms with E-state index >= 15 is 0 Å². The topological polar surface area (TPSA) is 116 Å². The number of carbonyl (C=O) groups is 3. The maximum absolute atomic E-state index is 13.5. The number of nitrogens with zero attached hydrogens (tertiary/aromatic N) is 1. The van der Waals surface area contributed by atoms with Crippen molar-refractivity contribution in [2.45, 2.75) is 40.2 Å². The SMILES string of the molecule is CCOC(=O)c1ccc(C(C(=O)NCc2ccc(F)c(F)c2)C(=O)C(C)(C)C)c([N+](=O)[O-])c1. The monoisotopic (exact) mass is 462 g/mol. The highest BCUT2D eigenvalue weighted by molar-refractivity contribution is 6.09. The molecule has 0 aromatic heterocycles. The van der Waals surface area contributed by atoms with Crippen molar-refractivity contribution >= 4 is 23.3 Å². The van der Waals surface area contributed by atoms with E-state index in [1.165, 1.54) is 18.2 Å². The van der Waals surface area contributed by atoms with E-state index in [1.54, 1.807) is 27.7 Å². The number of nitro benzene ring substituents is 1. The van der Waals surface area contributed by atoms with Gasteiger partial charge >= 0.3 is 5.97 Å². The first-order valence-electron chi connectivity index (χ1n) is 10.1. The average Bonchev–Trinajstić information content (AvgIpc) is 2.74. The summed E-state index contributed by atoms with van der Waals surface area (Å²) in [6.07, 6.45) is 0. The van der Waals surface area contributed by atoms with Gasteiger partial charge in [0, 0.05) is 23.6 Å². The lowest BCUT2D eigenvalue weighted by Gasteiger charge is -2.24. The minimum atomic E-state index is -1.58. The van der Waals surface area contributed by atoms with Crippen molar-refractivity contribution < 1.29 is 32.8 Å². The molecular formula is C23H24F2N2O6. The van der Waals surface area contributed by atoms with Crippen LogP contribution in [0.1, 0.15) is 55.1 Å². The number of hydrogen-bond donors (Lipinski definition) is 1. The van der Waals surface area contributed by atoms with Crippen LogP contribution in [0.25, 0.3) is 0 Å². The Morgan fingerprint density at radius 1 is 1.09 bits per heavy atom. The molecule has 1 N–H and O–H groups in total. The van der Waals surface area contributed by atoms with Gasteiger partial charge in [0.1, 0.15) is 5.92 Å². The van der Waals surface area contributed by atoms with Gasteiger partial charge in [-0.1, -0.05) is 32.9 Å². The summed E-state index contributed by atoms with van der Waals surface area (Å²) < 4.78 is 31.4. The largest absolute Gasteiger partial charge is 0.462 e. The van der Waals surface area contributed by atoms with Gasteiger partial charge in [-0.05, 0) is 30.7 Å². The standard InChI is InChI=1S/C23H24F2N2O6/c1-5-33-22(30)14-7-8-15(18(11-14)27(31)32)19(20(28)23(2,3)4)21(29)26-12-13-6-9-16(24)17(25)10-13/h6-11,19H,5,12H2,1-4H3,(H,26,29). The molecule has 0 aliphatic rings. The van der Waals surface area contributed by atoms with E-state index in [2.05, 4.69) is 5.32 Å². The fraction of sp³-hybridized carbons (Fsp3) is 0.348. The Morgan fingerprint density at radius 2 is 1.76 bits per heavy atom. The third-order valence-corrected chi connectivity index (χ3v) is 4.76. The Morgan fingerprint density at radius 3 is 2.30 bits per heavy atom. The van der Waals surface area contributed by atoms with E-state index in [0.717, 1.165) is 18.2 Å². The zero-order valence-electron chi connectivity index (χ0n) is 18.6. The van der Waals surface area contributed by atoms with E-state index in [9.17, 15) is 33.3 Å². The van der Waals surface area contributed by atoms with Crippen LogP contribution >= 0.6 is 0 Å². The summed E-state index contributed by atoms with van der Waals surface area (Å²) in [6, 6.07) is 6.43. The molecule has 0 aliphatic heterocycles. The second-order valence-electron chi connectivity index (χ2n) is 8.26. The van der Waals surface area contributed by atoms with Crippen molar-refractivity contribution in [2.24, 2.45) is 5.41 Å². The van der Waals surface area contributed by atoms with Crippen LogP contribution < -0.4 is 5.32 Å². The summed E-state index contributed by atoms with van der Waals surface area (Å²) in [5.74, 6) is -5.97. The molecule has 1 amide bonds. The third-order valence-electron chi connectivity index (χ3n) is 4.76. The molecule has 10 heteroatoms. The lowest BCUT2D eigenvalue weighted by atomic mass is 9.78. The molecule has 0 bridgehead atoms. The maximum Gasteiger partial charge on any atom is 0.338 e. The minimum Gasteiger partial charge on any atom is -0.462 e. The molecule has 8 nitrogen and oxygen atoms in total. The summed E-state index contributed by atoms with van der Waals surface area (Å²) in [6.45, 7) is 6.08. The Labute approximate surface area is 189 Å². The number of benzene rings is 2. The number of amides is 1. The second-order valence-corrected chi connectivity index (χ2v) is 8.26. The number of rotatable bonds is 8. The predicted octanol–water partition coefficient (Wildman–Crippen LogP) is 4.06. The first kappa shape index (κ1) is 25.6. The highest BCUT2D eigenvalue weighted by atomic mass is 19.2. The average molecular weight is 462 g/mol. The van der Waals surface area contributed by atoms with Gasteiger partial charge in [-0.3, -0.25) is 19.7 Å². The van der Waals surface area contributed by atoms with Crippen LogP contribution in [0.2, 0.25) is 0 Å². The fourth-order valence-corrected chi connectivity index (χ4v) is 3.06. The number of hydrogen-bond acceptors (Lipinski definition) is 6. The number of ether oxygens (including phenoxy) is 1. The molecule has 1 atom stereocenters. The van der Waals surface area contributed by atoms with Gasteiger partial charge in [0.25, 0.3) is 5.69 Å². The van der Waals surface area contributed by atoms with Gasteiger partial charge in [0.2, 0.25) is 5.91 Å². The molecule has 0 fully saturated rings. The number of nitro groups is 1. The van der Waals surface area contributed by atoms with Crippen LogP contribution in [0.15, 0.2) is 36.4 Å². The summed E-state index contributed by atoms with van der Waals surface area (Å²) in [7, 11) is 0. The maximum atomic E-state index is 13.5. The Balaban J connectivity index is 2.47. The third kappa shape index (κ3) is 6.18. The highest BCUT2D eigenvalue weighted by Gasteiger charge is 2.39. The molecule has 176 valence electrons. The zero-order valence-corrected chi connectivity index (χ0v) is 18.6. The number of Topliss-reactive ketones (excluding diaryl/α,β-unsaturated/α-hetero) is 1. The Bertz CT molecular complexity index is 1090. The highest BCUT2D eigenvalue weighted by Crippen LogP contribution is 2.34. The van der Waals surface area contributed by atoms with Crippen LogP contribution in [0.5, 0.6) is 0 Å². The van der Waals surface area contributed by atoms with Gasteiger partial charge in [0.05, 0.1) is 17.1 Å². The summed E-state index contributed by atoms with van der Waals surface area (Å²) >= 11 is 0. The molecule has 0 heterocycles. The van der Waals surface area contributed by atoms with Crippen molar-refractivity contribution in [1.29, 1.82) is 0 Å². The molecule has 33 heavy (non-hydrogen) atoms. The lowest BCUT2D eigenvalue weighted by Crippen LogP contribution is -2.38. The molecule has 0 saturated heterocycles. The second kappa shape index (κ2) is 10.3. The van der Waals surface area contributed by atoms with Crippen LogP contribution in [-0.2, 0) is 20.9 Å². The molecular weight excluding hydrogens is 438 g/mol. The van der Waals surface area contributed by atoms with Crippen LogP contribution in [0.4, 0.5) is 14.5 Å². The lowest BCUT2D eigenvalue weighted by molar-refractivity contribution is -0.385. The van der Waals surface area contributed by atoms with Crippen molar-refractivity contribution in [2.75, 3.05) is 6.61 Å². The molecule has 2 rings (SSSR count). The summed E-state index contributed by atoms with van der Waals surface area (Å²) in [4.78, 5) is 49.1. The van der Waals surface area contributed by atoms with E-state index in [1.807, 2.05) is 0 Å². The normalized spacial score (nSPS) is 12.1. The first-order valence-corrected chi connectivity index (χ1v) is 10.1. The molecule has 2 aromatic rings. The minimum absolute atomic E-state index is 0.0614. The number of ketones is 1. The smallest absolute Gasteiger partial charge is 0.338 e. The van der Waals surface area contributed by atoms with Gasteiger partial charge in [-0.15, -0.1) is 0 Å². The molecule has 1 unspecified atom stereocenters. The van der Waals surface area contributed by atoms with Gasteiger partial charge in [-0.2, -0.15) is 0 Å². The number of nitrogens with one attached hydrogen (secondary N) is 1. The molecule has 0 aliphatic carbocycles. The number of esters is 1. The van der Waals surface area contributed by atoms with Crippen LogP contribution in [0.3, 0.4) is 0 Å². The molecule has 0 radical (unpaired) electrons. The number of carbonyl (C=O) groups excluding carboxylic acids is 3. The fourth-order valence-electron chi connectivity index (χ4n) is 3.06. The molecule has 2 aromatic carbocycles. The van der Waals surface area contributed by atoms with E-state index in [4.69, 9.17) is 4.74 Å². The van der Waals surface area contributed by atoms with E-state index < -0.39 is 51.2 Å². The zero-order chi connectivity index (χ0) is 24.9. The predicted molar refractivity (Wildman–Crippen MR) is 114 cm³/mol. The first-order chi connectivity index (χ1) is 15.4. The van der Waals surface area contributed by atoms with E-state index in [0.29, 0.717) is 0 Å². The van der Waals surface area contributed by atoms with Gasteiger partial charge < -0.3 is 10.1 Å². The summed E-state index contributed by atoms with van der Waals surface area (Å²) in [5.41, 5.74) is -1.70. The van der Waals surface area contributed by atoms with Crippen molar-refractivity contribution in [3.05, 3.63) is 74.8 Å². The van der Waals surface area contributed by atoms with Crippen molar-refractivity contribution in [1.82, 2.24) is 5.32 Å². The summed E-state index contributed by atoms with van der Waals surface area (Å²) in [5, 5.41) is 14.2. The molecule has 0 spiro atoms. The van der Waals surface area contributed by atoms with Crippen LogP contribution in [0, 0.1) is 27.2 Å². The van der Waals surface area contributed by atoms with Crippen molar-refractivity contribution in [3.63, 3.8) is 0 Å². The van der Waals surface area contributed by atoms with Crippen LogP contribution in [-0.4, -0.2) is 29.2 Å². The van der Waals surface area contributed by atoms with Gasteiger partial charge in [0.15, 0.2) is 17.4 Å². The Hall–Kier alpha value is -3.69. The van der Waals surface area contributed by atoms with Gasteiger partial charge in [-0.25, -0.2) is 13.6 Å². The number of halogens is 2. The quantitative estimate of drug-likeness (QED) is 0.274. The van der Waals surface area contributed by atoms with Crippen molar-refractivity contribution in [3.8, 4) is 0 Å². The molecule has 0 saturated carbocycles.